The van der Waals surface area contributed by atoms with Crippen LogP contribution in [0, 0.1) is 0 Å². The molecule has 1 unspecified atom stereocenters. The fourth-order valence-corrected chi connectivity index (χ4v) is 1.69. The molecule has 0 bridgehead atoms. The second-order valence-corrected chi connectivity index (χ2v) is 3.51. The highest BCUT2D eigenvalue weighted by Gasteiger charge is 2.31. The van der Waals surface area contributed by atoms with Crippen LogP contribution < -0.4 is 5.73 Å². The monoisotopic (exact) mass is 194 g/mol. The van der Waals surface area contributed by atoms with E-state index in [1.54, 1.807) is 6.20 Å². The maximum atomic E-state index is 9.19. The normalized spacial score (nSPS) is 20.4. The Morgan fingerprint density at radius 1 is 1.64 bits per heavy atom. The van der Waals surface area contributed by atoms with Crippen molar-refractivity contribution in [3.05, 3.63) is 24.0 Å². The minimum atomic E-state index is -0.208. The van der Waals surface area contributed by atoms with E-state index in [-0.39, 0.29) is 12.1 Å². The average molecular weight is 194 g/mol. The van der Waals surface area contributed by atoms with Gasteiger partial charge in [-0.1, -0.05) is 0 Å². The van der Waals surface area contributed by atoms with E-state index in [2.05, 4.69) is 15.1 Å². The molecule has 1 atom stereocenters. The lowest BCUT2D eigenvalue weighted by Crippen LogP contribution is -2.53. The number of aliphatic hydroxyl groups is 1. The number of nitrogens with two attached hydrogens (primary N) is 1. The Morgan fingerprint density at radius 3 is 2.93 bits per heavy atom. The molecule has 1 aliphatic rings. The zero-order chi connectivity index (χ0) is 9.97. The van der Waals surface area contributed by atoms with E-state index in [1.807, 2.05) is 12.1 Å². The Bertz CT molecular complexity index is 286. The molecule has 0 aliphatic carbocycles. The number of hydrogen-bond acceptors (Lipinski definition) is 5. The van der Waals surface area contributed by atoms with E-state index >= 15 is 0 Å². The third-order valence-electron chi connectivity index (χ3n) is 2.49. The molecule has 0 spiro atoms. The number of β-amino-alcohol motifs (C(OH)–C–C–N with tert-alkyl or cyclic N) is 1. The van der Waals surface area contributed by atoms with Gasteiger partial charge < -0.3 is 10.8 Å². The highest BCUT2D eigenvalue weighted by atomic mass is 16.3. The molecule has 2 rings (SSSR count). The first-order valence-electron chi connectivity index (χ1n) is 4.71. The lowest BCUT2D eigenvalue weighted by atomic mass is 10.1. The van der Waals surface area contributed by atoms with Gasteiger partial charge in [0, 0.05) is 25.8 Å². The van der Waals surface area contributed by atoms with Crippen molar-refractivity contribution in [3.8, 4) is 0 Å². The van der Waals surface area contributed by atoms with Gasteiger partial charge in [-0.15, -0.1) is 0 Å². The van der Waals surface area contributed by atoms with Gasteiger partial charge in [0.05, 0.1) is 17.8 Å². The van der Waals surface area contributed by atoms with E-state index in [4.69, 9.17) is 5.73 Å². The molecular weight excluding hydrogens is 180 g/mol. The molecule has 1 fully saturated rings. The summed E-state index contributed by atoms with van der Waals surface area (Å²) in [5.74, 6) is 0. The first-order chi connectivity index (χ1) is 6.81. The Hall–Kier alpha value is -1.04. The van der Waals surface area contributed by atoms with Crippen molar-refractivity contribution in [1.29, 1.82) is 0 Å². The number of rotatable bonds is 3. The molecular formula is C9H14N4O. The summed E-state index contributed by atoms with van der Waals surface area (Å²) in [5, 5.41) is 17.0. The van der Waals surface area contributed by atoms with Crippen LogP contribution in [0.15, 0.2) is 18.3 Å². The maximum Gasteiger partial charge on any atom is 0.0815 e. The molecule has 0 aromatic carbocycles. The number of nitrogens with zero attached hydrogens (tertiary/aromatic N) is 3. The third-order valence-corrected chi connectivity index (χ3v) is 2.49. The summed E-state index contributed by atoms with van der Waals surface area (Å²) >= 11 is 0. The molecule has 0 amide bonds. The Morgan fingerprint density at radius 2 is 2.43 bits per heavy atom. The van der Waals surface area contributed by atoms with E-state index in [0.717, 1.165) is 5.69 Å². The largest absolute Gasteiger partial charge is 0.390 e. The minimum absolute atomic E-state index is 0.0899. The van der Waals surface area contributed by atoms with Gasteiger partial charge in [-0.2, -0.15) is 10.2 Å². The van der Waals surface area contributed by atoms with Crippen molar-refractivity contribution < 1.29 is 5.11 Å². The Labute approximate surface area is 82.6 Å². The Balaban J connectivity index is 2.07. The zero-order valence-electron chi connectivity index (χ0n) is 7.87. The van der Waals surface area contributed by atoms with Crippen LogP contribution in [0.5, 0.6) is 0 Å². The molecule has 2 heterocycles. The second-order valence-electron chi connectivity index (χ2n) is 3.51. The number of aromatic nitrogens is 2. The van der Waals surface area contributed by atoms with Crippen molar-refractivity contribution >= 4 is 0 Å². The van der Waals surface area contributed by atoms with E-state index < -0.39 is 0 Å². The van der Waals surface area contributed by atoms with E-state index in [1.165, 1.54) is 0 Å². The average Bonchev–Trinajstić information content (AvgIpc) is 2.18. The van der Waals surface area contributed by atoms with E-state index in [0.29, 0.717) is 19.6 Å². The molecule has 3 N–H and O–H groups in total. The predicted octanol–water partition coefficient (Wildman–Crippen LogP) is -0.847. The summed E-state index contributed by atoms with van der Waals surface area (Å²) in [7, 11) is 0. The second kappa shape index (κ2) is 4.00. The standard InChI is InChI=1S/C9H14N4O/c10-4-9(13-5-7(14)6-13)8-2-1-3-11-12-8/h1-3,7,9,14H,4-6,10H2. The van der Waals surface area contributed by atoms with Gasteiger partial charge in [-0.05, 0) is 12.1 Å². The van der Waals surface area contributed by atoms with Crippen molar-refractivity contribution in [2.75, 3.05) is 19.6 Å². The van der Waals surface area contributed by atoms with Gasteiger partial charge in [-0.25, -0.2) is 0 Å². The molecule has 5 nitrogen and oxygen atoms in total. The van der Waals surface area contributed by atoms with Crippen LogP contribution in [0.4, 0.5) is 0 Å². The lowest BCUT2D eigenvalue weighted by molar-refractivity contribution is -0.0245. The van der Waals surface area contributed by atoms with Crippen molar-refractivity contribution in [2.45, 2.75) is 12.1 Å². The van der Waals surface area contributed by atoms with Gasteiger partial charge in [-0.3, -0.25) is 4.90 Å². The fraction of sp³-hybridized carbons (Fsp3) is 0.556. The molecule has 0 saturated carbocycles. The van der Waals surface area contributed by atoms with Crippen molar-refractivity contribution in [3.63, 3.8) is 0 Å². The molecule has 1 saturated heterocycles. The summed E-state index contributed by atoms with van der Waals surface area (Å²) in [5.41, 5.74) is 6.55. The van der Waals surface area contributed by atoms with Crippen LogP contribution in [0.3, 0.4) is 0 Å². The van der Waals surface area contributed by atoms with Gasteiger partial charge in [0.2, 0.25) is 0 Å². The smallest absolute Gasteiger partial charge is 0.0815 e. The molecule has 1 aromatic rings. The first-order valence-corrected chi connectivity index (χ1v) is 4.71. The van der Waals surface area contributed by atoms with Gasteiger partial charge in [0.15, 0.2) is 0 Å². The topological polar surface area (TPSA) is 75.3 Å². The molecule has 5 heteroatoms. The van der Waals surface area contributed by atoms with Crippen LogP contribution >= 0.6 is 0 Å². The van der Waals surface area contributed by atoms with Crippen LogP contribution in [0.25, 0.3) is 0 Å². The number of aliphatic hydroxyl groups excluding tert-OH is 1. The van der Waals surface area contributed by atoms with Crippen LogP contribution in [0.1, 0.15) is 11.7 Å². The van der Waals surface area contributed by atoms with Gasteiger partial charge in [0.1, 0.15) is 0 Å². The number of likely N-dealkylation sites (tertiary alicyclic amines) is 1. The summed E-state index contributed by atoms with van der Waals surface area (Å²) < 4.78 is 0. The summed E-state index contributed by atoms with van der Waals surface area (Å²) in [6.07, 6.45) is 1.43. The maximum absolute atomic E-state index is 9.19. The SMILES string of the molecule is NCC(c1cccnn1)N1CC(O)C1. The summed E-state index contributed by atoms with van der Waals surface area (Å²) in [6.45, 7) is 1.86. The quantitative estimate of drug-likeness (QED) is 0.655. The van der Waals surface area contributed by atoms with Crippen LogP contribution in [0.2, 0.25) is 0 Å². The highest BCUT2D eigenvalue weighted by molar-refractivity contribution is 5.08. The number of hydrogen-bond donors (Lipinski definition) is 2. The van der Waals surface area contributed by atoms with Crippen molar-refractivity contribution in [2.24, 2.45) is 5.73 Å². The molecule has 14 heavy (non-hydrogen) atoms. The lowest BCUT2D eigenvalue weighted by Gasteiger charge is -2.40. The van der Waals surface area contributed by atoms with Crippen LogP contribution in [-0.4, -0.2) is 45.9 Å². The van der Waals surface area contributed by atoms with Crippen molar-refractivity contribution in [1.82, 2.24) is 15.1 Å². The third kappa shape index (κ3) is 1.75. The summed E-state index contributed by atoms with van der Waals surface area (Å²) in [4.78, 5) is 2.11. The molecule has 0 radical (unpaired) electrons. The Kier molecular flexibility index (Phi) is 2.72. The first kappa shape index (κ1) is 9.51. The summed E-state index contributed by atoms with van der Waals surface area (Å²) in [6, 6.07) is 3.85. The van der Waals surface area contributed by atoms with E-state index in [9.17, 15) is 5.11 Å². The molecule has 1 aliphatic heterocycles. The molecule has 76 valence electrons. The minimum Gasteiger partial charge on any atom is -0.390 e. The van der Waals surface area contributed by atoms with Gasteiger partial charge >= 0.3 is 0 Å². The zero-order valence-corrected chi connectivity index (χ0v) is 7.87. The fourth-order valence-electron chi connectivity index (χ4n) is 1.69. The van der Waals surface area contributed by atoms with Crippen LogP contribution in [-0.2, 0) is 0 Å². The molecule has 1 aromatic heterocycles. The highest BCUT2D eigenvalue weighted by Crippen LogP contribution is 2.22. The predicted molar refractivity (Wildman–Crippen MR) is 51.4 cm³/mol. The van der Waals surface area contributed by atoms with Gasteiger partial charge in [0.25, 0.3) is 0 Å².